The minimum atomic E-state index is -0.598. The topological polar surface area (TPSA) is 90.9 Å². The number of anilines is 3. The highest BCUT2D eigenvalue weighted by molar-refractivity contribution is 6.44. The molecule has 4 N–H and O–H groups in total. The van der Waals surface area contributed by atoms with Crippen LogP contribution in [0.2, 0.25) is 10.0 Å². The fourth-order valence-corrected chi connectivity index (χ4v) is 2.02. The molecule has 0 unspecified atom stereocenters. The van der Waals surface area contributed by atoms with Crippen LogP contribution in [0.15, 0.2) is 54.2 Å². The monoisotopic (exact) mass is 346 g/mol. The van der Waals surface area contributed by atoms with E-state index in [0.717, 1.165) is 0 Å². The molecule has 2 rings (SSSR count). The molecule has 0 aliphatic carbocycles. The maximum Gasteiger partial charge on any atom is 0.267 e. The number of nitriles is 1. The predicted octanol–water partition coefficient (Wildman–Crippen LogP) is 4.03. The van der Waals surface area contributed by atoms with Crippen molar-refractivity contribution in [2.24, 2.45) is 0 Å². The Labute approximate surface area is 143 Å². The number of nitrogen functional groups attached to an aromatic ring is 1. The van der Waals surface area contributed by atoms with E-state index in [1.807, 2.05) is 6.07 Å². The minimum Gasteiger partial charge on any atom is -0.399 e. The van der Waals surface area contributed by atoms with Gasteiger partial charge in [-0.2, -0.15) is 5.26 Å². The Balaban J connectivity index is 2.12. The third kappa shape index (κ3) is 4.39. The van der Waals surface area contributed by atoms with Crippen molar-refractivity contribution in [2.45, 2.75) is 0 Å². The molecule has 0 aliphatic rings. The van der Waals surface area contributed by atoms with E-state index in [-0.39, 0.29) is 10.6 Å². The Morgan fingerprint density at radius 1 is 1.17 bits per heavy atom. The lowest BCUT2D eigenvalue weighted by Gasteiger charge is -2.08. The zero-order valence-corrected chi connectivity index (χ0v) is 13.3. The van der Waals surface area contributed by atoms with Crippen molar-refractivity contribution in [1.29, 1.82) is 5.26 Å². The Morgan fingerprint density at radius 3 is 2.52 bits per heavy atom. The van der Waals surface area contributed by atoms with Crippen LogP contribution in [0.3, 0.4) is 0 Å². The van der Waals surface area contributed by atoms with Crippen LogP contribution in [0.5, 0.6) is 0 Å². The van der Waals surface area contributed by atoms with Gasteiger partial charge in [-0.1, -0.05) is 29.3 Å². The average molecular weight is 347 g/mol. The molecule has 1 amide bonds. The molecule has 0 fully saturated rings. The van der Waals surface area contributed by atoms with Crippen molar-refractivity contribution in [3.05, 3.63) is 64.3 Å². The van der Waals surface area contributed by atoms with Crippen LogP contribution in [-0.2, 0) is 4.79 Å². The highest BCUT2D eigenvalue weighted by Crippen LogP contribution is 2.29. The van der Waals surface area contributed by atoms with Crippen LogP contribution < -0.4 is 16.4 Å². The number of hydrogen-bond donors (Lipinski definition) is 3. The number of nitrogens with zero attached hydrogens (tertiary/aromatic N) is 1. The van der Waals surface area contributed by atoms with Gasteiger partial charge >= 0.3 is 0 Å². The standard InChI is InChI=1S/C16H12Cl2N4O/c17-13-2-1-3-14(15(13)18)22-16(23)10(8-19)9-21-12-6-4-11(20)5-7-12/h1-7,9,21H,20H2,(H,22,23)/b10-9-. The summed E-state index contributed by atoms with van der Waals surface area (Å²) in [4.78, 5) is 12.1. The number of halogens is 2. The maximum absolute atomic E-state index is 12.1. The summed E-state index contributed by atoms with van der Waals surface area (Å²) in [7, 11) is 0. The number of hydrogen-bond acceptors (Lipinski definition) is 4. The average Bonchev–Trinajstić information content (AvgIpc) is 2.54. The van der Waals surface area contributed by atoms with E-state index in [4.69, 9.17) is 34.2 Å². The van der Waals surface area contributed by atoms with Gasteiger partial charge in [-0.3, -0.25) is 4.79 Å². The van der Waals surface area contributed by atoms with E-state index < -0.39 is 5.91 Å². The van der Waals surface area contributed by atoms with Crippen molar-refractivity contribution >= 4 is 46.2 Å². The zero-order valence-electron chi connectivity index (χ0n) is 11.8. The number of carbonyl (C=O) groups excluding carboxylic acids is 1. The molecule has 0 spiro atoms. The minimum absolute atomic E-state index is 0.113. The normalized spacial score (nSPS) is 10.7. The number of nitrogens with one attached hydrogen (secondary N) is 2. The number of amides is 1. The Bertz CT molecular complexity index is 795. The molecule has 7 heteroatoms. The molecule has 2 aromatic rings. The Hall–Kier alpha value is -2.68. The summed E-state index contributed by atoms with van der Waals surface area (Å²) >= 11 is 11.9. The summed E-state index contributed by atoms with van der Waals surface area (Å²) in [5.74, 6) is -0.598. The van der Waals surface area contributed by atoms with Gasteiger partial charge in [0.2, 0.25) is 0 Å². The third-order valence-corrected chi connectivity index (χ3v) is 3.68. The highest BCUT2D eigenvalue weighted by Gasteiger charge is 2.12. The van der Waals surface area contributed by atoms with Crippen LogP contribution in [-0.4, -0.2) is 5.91 Å². The van der Waals surface area contributed by atoms with Crippen molar-refractivity contribution in [3.8, 4) is 6.07 Å². The molecular weight excluding hydrogens is 335 g/mol. The van der Waals surface area contributed by atoms with E-state index >= 15 is 0 Å². The van der Waals surface area contributed by atoms with Gasteiger partial charge in [0.1, 0.15) is 11.6 Å². The van der Waals surface area contributed by atoms with E-state index in [1.165, 1.54) is 6.20 Å². The maximum atomic E-state index is 12.1. The van der Waals surface area contributed by atoms with Crippen LogP contribution in [0.25, 0.3) is 0 Å². The lowest BCUT2D eigenvalue weighted by molar-refractivity contribution is -0.112. The molecule has 0 aromatic heterocycles. The van der Waals surface area contributed by atoms with Crippen LogP contribution in [0.1, 0.15) is 0 Å². The van der Waals surface area contributed by atoms with Crippen molar-refractivity contribution in [2.75, 3.05) is 16.4 Å². The van der Waals surface area contributed by atoms with E-state index in [2.05, 4.69) is 10.6 Å². The third-order valence-electron chi connectivity index (χ3n) is 2.86. The van der Waals surface area contributed by atoms with Gasteiger partial charge in [-0.15, -0.1) is 0 Å². The smallest absolute Gasteiger partial charge is 0.267 e. The fourth-order valence-electron chi connectivity index (χ4n) is 1.67. The molecule has 0 saturated heterocycles. The lowest BCUT2D eigenvalue weighted by atomic mass is 10.2. The number of benzene rings is 2. The van der Waals surface area contributed by atoms with Crippen molar-refractivity contribution in [1.82, 2.24) is 0 Å². The second kappa shape index (κ2) is 7.54. The Morgan fingerprint density at radius 2 is 1.87 bits per heavy atom. The molecule has 5 nitrogen and oxygen atoms in total. The van der Waals surface area contributed by atoms with Gasteiger partial charge in [0.25, 0.3) is 5.91 Å². The van der Waals surface area contributed by atoms with E-state index in [1.54, 1.807) is 42.5 Å². The first-order valence-corrected chi connectivity index (χ1v) is 7.24. The summed E-state index contributed by atoms with van der Waals surface area (Å²) < 4.78 is 0. The van der Waals surface area contributed by atoms with E-state index in [9.17, 15) is 4.79 Å². The van der Waals surface area contributed by atoms with Crippen molar-refractivity contribution < 1.29 is 4.79 Å². The predicted molar refractivity (Wildman–Crippen MR) is 93.3 cm³/mol. The molecule has 0 saturated carbocycles. The van der Waals surface area contributed by atoms with Gasteiger partial charge in [0.15, 0.2) is 0 Å². The van der Waals surface area contributed by atoms with Crippen molar-refractivity contribution in [3.63, 3.8) is 0 Å². The SMILES string of the molecule is N#C/C(=C/Nc1ccc(N)cc1)C(=O)Nc1cccc(Cl)c1Cl. The summed E-state index contributed by atoms with van der Waals surface area (Å²) in [6.45, 7) is 0. The second-order valence-electron chi connectivity index (χ2n) is 4.49. The van der Waals surface area contributed by atoms with Crippen LogP contribution >= 0.6 is 23.2 Å². The number of rotatable bonds is 4. The molecule has 0 radical (unpaired) electrons. The molecular formula is C16H12Cl2N4O. The van der Waals surface area contributed by atoms with Gasteiger partial charge in [0.05, 0.1) is 15.7 Å². The first kappa shape index (κ1) is 16.7. The summed E-state index contributed by atoms with van der Waals surface area (Å²) in [6, 6.07) is 13.5. The quantitative estimate of drug-likeness (QED) is 0.442. The lowest BCUT2D eigenvalue weighted by Crippen LogP contribution is -2.14. The van der Waals surface area contributed by atoms with Gasteiger partial charge in [-0.25, -0.2) is 0 Å². The number of nitrogens with two attached hydrogens (primary N) is 1. The highest BCUT2D eigenvalue weighted by atomic mass is 35.5. The zero-order chi connectivity index (χ0) is 16.8. The number of carbonyl (C=O) groups is 1. The fraction of sp³-hybridized carbons (Fsp3) is 0. The van der Waals surface area contributed by atoms with Gasteiger partial charge in [0, 0.05) is 17.6 Å². The van der Waals surface area contributed by atoms with Crippen LogP contribution in [0.4, 0.5) is 17.1 Å². The molecule has 0 heterocycles. The largest absolute Gasteiger partial charge is 0.399 e. The first-order chi connectivity index (χ1) is 11.0. The van der Waals surface area contributed by atoms with E-state index in [0.29, 0.717) is 22.1 Å². The van der Waals surface area contributed by atoms with Crippen LogP contribution in [0, 0.1) is 11.3 Å². The second-order valence-corrected chi connectivity index (χ2v) is 5.28. The molecule has 0 bridgehead atoms. The van der Waals surface area contributed by atoms with Gasteiger partial charge < -0.3 is 16.4 Å². The van der Waals surface area contributed by atoms with Gasteiger partial charge in [-0.05, 0) is 36.4 Å². The molecule has 0 aliphatic heterocycles. The Kier molecular flexibility index (Phi) is 5.47. The summed E-state index contributed by atoms with van der Waals surface area (Å²) in [5.41, 5.74) is 7.12. The summed E-state index contributed by atoms with van der Waals surface area (Å²) in [6.07, 6.45) is 1.30. The molecule has 116 valence electrons. The molecule has 0 atom stereocenters. The summed E-state index contributed by atoms with van der Waals surface area (Å²) in [5, 5.41) is 15.0. The molecule has 23 heavy (non-hydrogen) atoms. The first-order valence-electron chi connectivity index (χ1n) is 6.49. The molecule has 2 aromatic carbocycles.